The fourth-order valence-electron chi connectivity index (χ4n) is 3.21. The molecule has 0 bridgehead atoms. The number of anilines is 1. The zero-order valence-corrected chi connectivity index (χ0v) is 16.2. The quantitative estimate of drug-likeness (QED) is 0.463. The summed E-state index contributed by atoms with van der Waals surface area (Å²) in [5.41, 5.74) is 2.38. The molecule has 2 heterocycles. The molecule has 2 aromatic rings. The molecule has 1 fully saturated rings. The minimum Gasteiger partial charge on any atom is -0.369 e. The van der Waals surface area contributed by atoms with Gasteiger partial charge in [-0.25, -0.2) is 0 Å². The smallest absolute Gasteiger partial charge is 0.191 e. The molecule has 26 heavy (non-hydrogen) atoms. The first kappa shape index (κ1) is 18.6. The number of halogens is 1. The van der Waals surface area contributed by atoms with Gasteiger partial charge in [0.25, 0.3) is 0 Å². The topological polar surface area (TPSA) is 57.5 Å². The number of benzene rings is 1. The van der Waals surface area contributed by atoms with E-state index in [0.717, 1.165) is 50.0 Å². The highest BCUT2D eigenvalue weighted by Gasteiger charge is 2.23. The number of rotatable bonds is 6. The Morgan fingerprint density at radius 2 is 2.31 bits per heavy atom. The van der Waals surface area contributed by atoms with Crippen molar-refractivity contribution < 1.29 is 0 Å². The summed E-state index contributed by atoms with van der Waals surface area (Å²) in [5.74, 6) is 0.861. The third-order valence-electron chi connectivity index (χ3n) is 4.54. The van der Waals surface area contributed by atoms with E-state index in [-0.39, 0.29) is 0 Å². The van der Waals surface area contributed by atoms with Gasteiger partial charge >= 0.3 is 0 Å². The van der Waals surface area contributed by atoms with E-state index in [0.29, 0.717) is 6.04 Å². The summed E-state index contributed by atoms with van der Waals surface area (Å²) < 4.78 is 1.98. The monoisotopic (exact) mass is 374 g/mol. The first-order valence-corrected chi connectivity index (χ1v) is 9.48. The van der Waals surface area contributed by atoms with Crippen molar-refractivity contribution in [3.8, 4) is 0 Å². The van der Waals surface area contributed by atoms with E-state index in [2.05, 4.69) is 44.8 Å². The van der Waals surface area contributed by atoms with Gasteiger partial charge in [0.2, 0.25) is 0 Å². The van der Waals surface area contributed by atoms with Gasteiger partial charge in [-0.1, -0.05) is 17.7 Å². The Bertz CT molecular complexity index is 741. The lowest BCUT2D eigenvalue weighted by Gasteiger charge is -2.20. The number of hydrogen-bond acceptors (Lipinski definition) is 3. The SMILES string of the molecule is CN=C(NCCCn1cc(C)cn1)NC1CCN(c2cccc(Cl)c2)C1. The molecule has 0 saturated carbocycles. The Morgan fingerprint density at radius 3 is 3.04 bits per heavy atom. The van der Waals surface area contributed by atoms with E-state index in [1.807, 2.05) is 36.1 Å². The fraction of sp³-hybridized carbons (Fsp3) is 0.474. The van der Waals surface area contributed by atoms with E-state index < -0.39 is 0 Å². The van der Waals surface area contributed by atoms with Crippen LogP contribution in [0.1, 0.15) is 18.4 Å². The lowest BCUT2D eigenvalue weighted by atomic mass is 10.2. The standard InChI is InChI=1S/C19H27ClN6/c1-15-12-23-26(13-15)9-4-8-22-19(21-2)24-17-7-10-25(14-17)18-6-3-5-16(20)11-18/h3,5-6,11-13,17H,4,7-10,14H2,1-2H3,(H2,21,22,24). The second-order valence-corrected chi connectivity index (χ2v) is 7.13. The van der Waals surface area contributed by atoms with Crippen molar-refractivity contribution in [2.45, 2.75) is 32.4 Å². The predicted molar refractivity (Wildman–Crippen MR) is 108 cm³/mol. The maximum absolute atomic E-state index is 6.11. The summed E-state index contributed by atoms with van der Waals surface area (Å²) in [6.07, 6.45) is 6.04. The fourth-order valence-corrected chi connectivity index (χ4v) is 3.40. The molecule has 3 rings (SSSR count). The van der Waals surface area contributed by atoms with Crippen molar-refractivity contribution >= 4 is 23.2 Å². The molecule has 1 aliphatic heterocycles. The molecule has 7 heteroatoms. The lowest BCUT2D eigenvalue weighted by molar-refractivity contribution is 0.565. The molecule has 2 N–H and O–H groups in total. The highest BCUT2D eigenvalue weighted by atomic mass is 35.5. The van der Waals surface area contributed by atoms with Gasteiger partial charge < -0.3 is 15.5 Å². The van der Waals surface area contributed by atoms with E-state index in [1.54, 1.807) is 0 Å². The second kappa shape index (κ2) is 8.94. The van der Waals surface area contributed by atoms with Gasteiger partial charge in [-0.2, -0.15) is 5.10 Å². The van der Waals surface area contributed by atoms with Crippen LogP contribution in [0.4, 0.5) is 5.69 Å². The van der Waals surface area contributed by atoms with Gasteiger partial charge in [-0.05, 0) is 43.5 Å². The number of guanidine groups is 1. The minimum atomic E-state index is 0.383. The Morgan fingerprint density at radius 1 is 1.42 bits per heavy atom. The number of nitrogens with zero attached hydrogens (tertiary/aromatic N) is 4. The average molecular weight is 375 g/mol. The molecule has 140 valence electrons. The van der Waals surface area contributed by atoms with Crippen LogP contribution < -0.4 is 15.5 Å². The van der Waals surface area contributed by atoms with Crippen molar-refractivity contribution in [3.05, 3.63) is 47.2 Å². The Kier molecular flexibility index (Phi) is 6.39. The summed E-state index contributed by atoms with van der Waals surface area (Å²) in [6.45, 7) is 5.80. The van der Waals surface area contributed by atoms with Crippen molar-refractivity contribution in [1.82, 2.24) is 20.4 Å². The molecular weight excluding hydrogens is 348 g/mol. The van der Waals surface area contributed by atoms with E-state index in [1.165, 1.54) is 11.3 Å². The normalized spacial score (nSPS) is 17.6. The largest absolute Gasteiger partial charge is 0.369 e. The van der Waals surface area contributed by atoms with E-state index in [4.69, 9.17) is 11.6 Å². The van der Waals surface area contributed by atoms with Crippen molar-refractivity contribution in [2.75, 3.05) is 31.6 Å². The Hall–Kier alpha value is -2.21. The third-order valence-corrected chi connectivity index (χ3v) is 4.78. The average Bonchev–Trinajstić information content (AvgIpc) is 3.26. The second-order valence-electron chi connectivity index (χ2n) is 6.69. The van der Waals surface area contributed by atoms with Crippen LogP contribution in [0, 0.1) is 6.92 Å². The molecule has 1 atom stereocenters. The molecular formula is C19H27ClN6. The van der Waals surface area contributed by atoms with Crippen molar-refractivity contribution in [2.24, 2.45) is 4.99 Å². The summed E-state index contributed by atoms with van der Waals surface area (Å²) in [7, 11) is 1.82. The van der Waals surface area contributed by atoms with Gasteiger partial charge in [0.1, 0.15) is 0 Å². The molecule has 0 aliphatic carbocycles. The molecule has 0 radical (unpaired) electrons. The zero-order valence-electron chi connectivity index (χ0n) is 15.5. The van der Waals surface area contributed by atoms with Crippen molar-refractivity contribution in [1.29, 1.82) is 0 Å². The highest BCUT2D eigenvalue weighted by molar-refractivity contribution is 6.30. The van der Waals surface area contributed by atoms with Crippen LogP contribution in [-0.4, -0.2) is 48.5 Å². The highest BCUT2D eigenvalue weighted by Crippen LogP contribution is 2.23. The molecule has 1 aromatic carbocycles. The Balaban J connectivity index is 1.41. The van der Waals surface area contributed by atoms with Gasteiger partial charge in [-0.3, -0.25) is 9.67 Å². The lowest BCUT2D eigenvalue weighted by Crippen LogP contribution is -2.45. The molecule has 1 aliphatic rings. The van der Waals surface area contributed by atoms with Crippen LogP contribution in [0.5, 0.6) is 0 Å². The molecule has 1 saturated heterocycles. The molecule has 0 spiro atoms. The first-order valence-electron chi connectivity index (χ1n) is 9.11. The summed E-state index contributed by atoms with van der Waals surface area (Å²) >= 11 is 6.11. The maximum Gasteiger partial charge on any atom is 0.191 e. The first-order chi connectivity index (χ1) is 12.6. The van der Waals surface area contributed by atoms with Crippen LogP contribution in [0.3, 0.4) is 0 Å². The maximum atomic E-state index is 6.11. The number of aromatic nitrogens is 2. The number of hydrogen-bond donors (Lipinski definition) is 2. The third kappa shape index (κ3) is 5.14. The zero-order chi connectivity index (χ0) is 18.4. The van der Waals surface area contributed by atoms with E-state index >= 15 is 0 Å². The van der Waals surface area contributed by atoms with Gasteiger partial charge in [0.15, 0.2) is 5.96 Å². The van der Waals surface area contributed by atoms with Crippen LogP contribution in [0.15, 0.2) is 41.7 Å². The predicted octanol–water partition coefficient (Wildman–Crippen LogP) is 2.68. The van der Waals surface area contributed by atoms with Crippen molar-refractivity contribution in [3.63, 3.8) is 0 Å². The molecule has 6 nitrogen and oxygen atoms in total. The van der Waals surface area contributed by atoms with Crippen LogP contribution in [0.2, 0.25) is 5.02 Å². The van der Waals surface area contributed by atoms with Crippen LogP contribution in [0.25, 0.3) is 0 Å². The summed E-state index contributed by atoms with van der Waals surface area (Å²) in [6, 6.07) is 8.42. The molecule has 1 unspecified atom stereocenters. The molecule has 0 amide bonds. The summed E-state index contributed by atoms with van der Waals surface area (Å²) in [5, 5.41) is 12.0. The van der Waals surface area contributed by atoms with Crippen LogP contribution >= 0.6 is 11.6 Å². The Labute approximate surface area is 160 Å². The minimum absolute atomic E-state index is 0.383. The number of aliphatic imine (C=N–C) groups is 1. The van der Waals surface area contributed by atoms with Gasteiger partial charge in [0, 0.05) is 56.2 Å². The van der Waals surface area contributed by atoms with Crippen LogP contribution in [-0.2, 0) is 6.54 Å². The molecule has 1 aromatic heterocycles. The number of nitrogens with one attached hydrogen (secondary N) is 2. The number of aryl methyl sites for hydroxylation is 2. The van der Waals surface area contributed by atoms with E-state index in [9.17, 15) is 0 Å². The summed E-state index contributed by atoms with van der Waals surface area (Å²) in [4.78, 5) is 6.70. The van der Waals surface area contributed by atoms with Gasteiger partial charge in [-0.15, -0.1) is 0 Å². The van der Waals surface area contributed by atoms with Gasteiger partial charge in [0.05, 0.1) is 6.20 Å².